The molecule has 1 aliphatic rings. The third-order valence-corrected chi connectivity index (χ3v) is 3.66. The summed E-state index contributed by atoms with van der Waals surface area (Å²) in [6, 6.07) is 6.85. The first kappa shape index (κ1) is 11.7. The Balaban J connectivity index is 1.95. The predicted octanol–water partition coefficient (Wildman–Crippen LogP) is 3.12. The van der Waals surface area contributed by atoms with Crippen LogP contribution in [0, 0.1) is 5.92 Å². The fourth-order valence-electron chi connectivity index (χ4n) is 2.43. The molecule has 1 aromatic carbocycles. The molecule has 0 aliphatic heterocycles. The number of aliphatic hydroxyl groups is 1. The van der Waals surface area contributed by atoms with E-state index in [1.165, 1.54) is 36.0 Å². The Kier molecular flexibility index (Phi) is 3.65. The Morgan fingerprint density at radius 1 is 1.19 bits per heavy atom. The molecular formula is C15H22O. The first-order chi connectivity index (χ1) is 7.66. The van der Waals surface area contributed by atoms with Gasteiger partial charge < -0.3 is 5.11 Å². The Hall–Kier alpha value is -0.820. The van der Waals surface area contributed by atoms with Gasteiger partial charge in [0, 0.05) is 0 Å². The topological polar surface area (TPSA) is 20.2 Å². The van der Waals surface area contributed by atoms with E-state index in [2.05, 4.69) is 32.0 Å². The van der Waals surface area contributed by atoms with Crippen LogP contribution in [0.3, 0.4) is 0 Å². The highest BCUT2D eigenvalue weighted by molar-refractivity contribution is 5.35. The van der Waals surface area contributed by atoms with Crippen LogP contribution in [-0.2, 0) is 19.3 Å². The number of hydrogen-bond donors (Lipinski definition) is 1. The van der Waals surface area contributed by atoms with Crippen LogP contribution < -0.4 is 0 Å². The maximum Gasteiger partial charge on any atom is 0.0566 e. The van der Waals surface area contributed by atoms with E-state index in [1.54, 1.807) is 0 Å². The first-order valence-corrected chi connectivity index (χ1v) is 6.45. The second-order valence-corrected chi connectivity index (χ2v) is 5.31. The molecule has 2 rings (SSSR count). The molecule has 0 aromatic heterocycles. The first-order valence-electron chi connectivity index (χ1n) is 6.45. The van der Waals surface area contributed by atoms with Gasteiger partial charge in [0.25, 0.3) is 0 Å². The van der Waals surface area contributed by atoms with E-state index in [-0.39, 0.29) is 6.10 Å². The zero-order chi connectivity index (χ0) is 11.5. The molecule has 0 fully saturated rings. The van der Waals surface area contributed by atoms with E-state index in [9.17, 15) is 5.11 Å². The van der Waals surface area contributed by atoms with Crippen molar-refractivity contribution in [3.05, 3.63) is 34.9 Å². The van der Waals surface area contributed by atoms with E-state index in [1.807, 2.05) is 0 Å². The van der Waals surface area contributed by atoms with E-state index in [4.69, 9.17) is 0 Å². The number of hydrogen-bond acceptors (Lipinski definition) is 1. The molecular weight excluding hydrogens is 196 g/mol. The molecule has 16 heavy (non-hydrogen) atoms. The van der Waals surface area contributed by atoms with Gasteiger partial charge in [-0.15, -0.1) is 0 Å². The van der Waals surface area contributed by atoms with E-state index < -0.39 is 0 Å². The molecule has 0 amide bonds. The lowest BCUT2D eigenvalue weighted by Gasteiger charge is -2.14. The maximum absolute atomic E-state index is 9.78. The summed E-state index contributed by atoms with van der Waals surface area (Å²) in [6.45, 7) is 4.15. The average Bonchev–Trinajstić information content (AvgIpc) is 2.72. The van der Waals surface area contributed by atoms with Gasteiger partial charge in [-0.05, 0) is 54.7 Å². The molecule has 1 unspecified atom stereocenters. The van der Waals surface area contributed by atoms with E-state index in [0.29, 0.717) is 5.92 Å². The molecule has 1 nitrogen and oxygen atoms in total. The smallest absolute Gasteiger partial charge is 0.0566 e. The fourth-order valence-corrected chi connectivity index (χ4v) is 2.43. The normalized spacial score (nSPS) is 16.5. The zero-order valence-electron chi connectivity index (χ0n) is 10.4. The number of fused-ring (bicyclic) bond motifs is 1. The molecule has 0 bridgehead atoms. The minimum absolute atomic E-state index is 0.159. The van der Waals surface area contributed by atoms with Gasteiger partial charge in [0.05, 0.1) is 6.10 Å². The molecule has 1 N–H and O–H groups in total. The average molecular weight is 218 g/mol. The predicted molar refractivity (Wildman–Crippen MR) is 67.6 cm³/mol. The third kappa shape index (κ3) is 2.65. The summed E-state index contributed by atoms with van der Waals surface area (Å²) in [7, 11) is 0. The Morgan fingerprint density at radius 2 is 1.94 bits per heavy atom. The summed E-state index contributed by atoms with van der Waals surface area (Å²) >= 11 is 0. The SMILES string of the molecule is CC(C)C(O)CCc1ccc2c(c1)CCC2. The van der Waals surface area contributed by atoms with Gasteiger partial charge >= 0.3 is 0 Å². The molecule has 1 atom stereocenters. The summed E-state index contributed by atoms with van der Waals surface area (Å²) in [5, 5.41) is 9.78. The molecule has 88 valence electrons. The molecule has 0 spiro atoms. The Bertz CT molecular complexity index is 354. The zero-order valence-corrected chi connectivity index (χ0v) is 10.4. The van der Waals surface area contributed by atoms with Gasteiger partial charge in [0.2, 0.25) is 0 Å². The van der Waals surface area contributed by atoms with Gasteiger partial charge in [-0.2, -0.15) is 0 Å². The molecule has 0 heterocycles. The fraction of sp³-hybridized carbons (Fsp3) is 0.600. The monoisotopic (exact) mass is 218 g/mol. The van der Waals surface area contributed by atoms with E-state index in [0.717, 1.165) is 12.8 Å². The molecule has 0 saturated carbocycles. The van der Waals surface area contributed by atoms with Crippen molar-refractivity contribution in [1.29, 1.82) is 0 Å². The number of rotatable bonds is 4. The van der Waals surface area contributed by atoms with Crippen molar-refractivity contribution >= 4 is 0 Å². The summed E-state index contributed by atoms with van der Waals surface area (Å²) in [5.41, 5.74) is 4.46. The lowest BCUT2D eigenvalue weighted by Crippen LogP contribution is -2.15. The van der Waals surface area contributed by atoms with Crippen LogP contribution in [0.25, 0.3) is 0 Å². The quantitative estimate of drug-likeness (QED) is 0.823. The highest BCUT2D eigenvalue weighted by Crippen LogP contribution is 2.23. The second kappa shape index (κ2) is 5.01. The summed E-state index contributed by atoms with van der Waals surface area (Å²) < 4.78 is 0. The van der Waals surface area contributed by atoms with Gasteiger partial charge in [-0.1, -0.05) is 32.0 Å². The highest BCUT2D eigenvalue weighted by Gasteiger charge is 2.12. The van der Waals surface area contributed by atoms with Crippen molar-refractivity contribution in [1.82, 2.24) is 0 Å². The van der Waals surface area contributed by atoms with Crippen LogP contribution in [0.2, 0.25) is 0 Å². The number of benzene rings is 1. The van der Waals surface area contributed by atoms with Crippen LogP contribution in [0.5, 0.6) is 0 Å². The van der Waals surface area contributed by atoms with Crippen LogP contribution in [0.1, 0.15) is 43.4 Å². The van der Waals surface area contributed by atoms with E-state index >= 15 is 0 Å². The minimum atomic E-state index is -0.159. The Labute approximate surface area is 98.5 Å². The van der Waals surface area contributed by atoms with Crippen LogP contribution in [0.15, 0.2) is 18.2 Å². The standard InChI is InChI=1S/C15H22O/c1-11(2)15(16)9-7-12-6-8-13-4-3-5-14(13)10-12/h6,8,10-11,15-16H,3-5,7,9H2,1-2H3. The van der Waals surface area contributed by atoms with Gasteiger partial charge in [-0.25, -0.2) is 0 Å². The van der Waals surface area contributed by atoms with Crippen molar-refractivity contribution in [2.45, 2.75) is 52.1 Å². The second-order valence-electron chi connectivity index (χ2n) is 5.31. The molecule has 1 aliphatic carbocycles. The molecule has 1 heteroatoms. The largest absolute Gasteiger partial charge is 0.393 e. The van der Waals surface area contributed by atoms with Gasteiger partial charge in [0.15, 0.2) is 0 Å². The van der Waals surface area contributed by atoms with Gasteiger partial charge in [-0.3, -0.25) is 0 Å². The van der Waals surface area contributed by atoms with Crippen molar-refractivity contribution in [2.75, 3.05) is 0 Å². The van der Waals surface area contributed by atoms with Crippen LogP contribution >= 0.6 is 0 Å². The molecule has 0 saturated heterocycles. The van der Waals surface area contributed by atoms with Crippen molar-refractivity contribution < 1.29 is 5.11 Å². The van der Waals surface area contributed by atoms with Crippen LogP contribution in [-0.4, -0.2) is 11.2 Å². The minimum Gasteiger partial charge on any atom is -0.393 e. The third-order valence-electron chi connectivity index (χ3n) is 3.66. The Morgan fingerprint density at radius 3 is 2.69 bits per heavy atom. The number of aliphatic hydroxyl groups excluding tert-OH is 1. The van der Waals surface area contributed by atoms with Crippen molar-refractivity contribution in [2.24, 2.45) is 5.92 Å². The van der Waals surface area contributed by atoms with Gasteiger partial charge in [0.1, 0.15) is 0 Å². The summed E-state index contributed by atoms with van der Waals surface area (Å²) in [4.78, 5) is 0. The molecule has 1 aromatic rings. The van der Waals surface area contributed by atoms with Crippen molar-refractivity contribution in [3.8, 4) is 0 Å². The highest BCUT2D eigenvalue weighted by atomic mass is 16.3. The summed E-state index contributed by atoms with van der Waals surface area (Å²) in [5.74, 6) is 0.370. The lowest BCUT2D eigenvalue weighted by atomic mass is 9.97. The van der Waals surface area contributed by atoms with Crippen molar-refractivity contribution in [3.63, 3.8) is 0 Å². The molecule has 0 radical (unpaired) electrons. The maximum atomic E-state index is 9.78. The lowest BCUT2D eigenvalue weighted by molar-refractivity contribution is 0.116. The number of aryl methyl sites for hydroxylation is 3. The summed E-state index contributed by atoms with van der Waals surface area (Å²) in [6.07, 6.45) is 5.55. The van der Waals surface area contributed by atoms with Crippen LogP contribution in [0.4, 0.5) is 0 Å².